The molecule has 0 radical (unpaired) electrons. The monoisotopic (exact) mass is 442 g/mol. The van der Waals surface area contributed by atoms with Crippen molar-refractivity contribution in [3.8, 4) is 0 Å². The third-order valence-electron chi connectivity index (χ3n) is 5.85. The summed E-state index contributed by atoms with van der Waals surface area (Å²) in [6.07, 6.45) is 0. The largest absolute Gasteiger partial charge is 0.450 e. The van der Waals surface area contributed by atoms with E-state index < -0.39 is 17.3 Å². The molecule has 2 aliphatic rings. The van der Waals surface area contributed by atoms with Gasteiger partial charge in [-0.3, -0.25) is 14.5 Å². The molecule has 1 aromatic heterocycles. The molecule has 3 aromatic rings. The maximum atomic E-state index is 13.8. The van der Waals surface area contributed by atoms with Crippen molar-refractivity contribution in [2.75, 3.05) is 39.4 Å². The zero-order valence-corrected chi connectivity index (χ0v) is 17.4. The van der Waals surface area contributed by atoms with E-state index in [2.05, 4.69) is 4.90 Å². The zero-order chi connectivity index (χ0) is 21.5. The van der Waals surface area contributed by atoms with Crippen LogP contribution in [0.1, 0.15) is 27.7 Å². The van der Waals surface area contributed by atoms with Crippen LogP contribution in [0.4, 0.5) is 4.39 Å². The molecule has 6 nitrogen and oxygen atoms in total. The SMILES string of the molecule is O=C1c2oc3ccc(F)cc3c(=O)c2[C@@H](c2cccc(Cl)c2)N1CCN1CCOCC1. The van der Waals surface area contributed by atoms with E-state index in [9.17, 15) is 14.0 Å². The van der Waals surface area contributed by atoms with Gasteiger partial charge in [0.1, 0.15) is 11.4 Å². The van der Waals surface area contributed by atoms with Gasteiger partial charge >= 0.3 is 0 Å². The number of morpholine rings is 1. The molecule has 160 valence electrons. The second kappa shape index (κ2) is 8.07. The Hall–Kier alpha value is -2.74. The van der Waals surface area contributed by atoms with Gasteiger partial charge in [0.15, 0.2) is 5.43 Å². The zero-order valence-electron chi connectivity index (χ0n) is 16.6. The van der Waals surface area contributed by atoms with E-state index in [-0.39, 0.29) is 28.2 Å². The van der Waals surface area contributed by atoms with Crippen molar-refractivity contribution in [1.82, 2.24) is 9.80 Å². The van der Waals surface area contributed by atoms with Crippen molar-refractivity contribution in [2.45, 2.75) is 6.04 Å². The summed E-state index contributed by atoms with van der Waals surface area (Å²) >= 11 is 6.21. The standard InChI is InChI=1S/C23H20ClFN2O4/c24-15-3-1-2-14(12-15)20-19-21(28)17-13-16(25)4-5-18(17)31-22(19)23(29)27(20)7-6-26-8-10-30-11-9-26/h1-5,12-13,20H,6-11H2/t20-/m1/s1. The normalized spacial score (nSPS) is 19.2. The van der Waals surface area contributed by atoms with Gasteiger partial charge in [-0.15, -0.1) is 0 Å². The molecule has 0 spiro atoms. The molecule has 0 saturated carbocycles. The quantitative estimate of drug-likeness (QED) is 0.619. The van der Waals surface area contributed by atoms with E-state index in [0.29, 0.717) is 36.9 Å². The van der Waals surface area contributed by atoms with Gasteiger partial charge < -0.3 is 14.1 Å². The van der Waals surface area contributed by atoms with Gasteiger partial charge in [-0.2, -0.15) is 0 Å². The Labute approximate surface area is 182 Å². The number of halogens is 2. The average molecular weight is 443 g/mol. The third-order valence-corrected chi connectivity index (χ3v) is 6.09. The minimum atomic E-state index is -0.647. The number of carbonyl (C=O) groups is 1. The first-order valence-corrected chi connectivity index (χ1v) is 10.5. The summed E-state index contributed by atoms with van der Waals surface area (Å²) in [5, 5.41) is 0.622. The van der Waals surface area contributed by atoms with Gasteiger partial charge in [-0.25, -0.2) is 4.39 Å². The van der Waals surface area contributed by atoms with Gasteiger partial charge in [0.05, 0.1) is 30.2 Å². The van der Waals surface area contributed by atoms with Crippen LogP contribution in [0.25, 0.3) is 11.0 Å². The minimum absolute atomic E-state index is 0.0102. The molecule has 1 fully saturated rings. The van der Waals surface area contributed by atoms with Crippen LogP contribution in [-0.2, 0) is 4.74 Å². The molecular weight excluding hydrogens is 423 g/mol. The van der Waals surface area contributed by atoms with Crippen LogP contribution in [0.15, 0.2) is 51.7 Å². The molecule has 8 heteroatoms. The van der Waals surface area contributed by atoms with Gasteiger partial charge in [0.2, 0.25) is 5.76 Å². The fraction of sp³-hybridized carbons (Fsp3) is 0.304. The maximum absolute atomic E-state index is 13.8. The van der Waals surface area contributed by atoms with Crippen LogP contribution in [0.3, 0.4) is 0 Å². The first-order valence-electron chi connectivity index (χ1n) is 10.2. The summed E-state index contributed by atoms with van der Waals surface area (Å²) in [5.74, 6) is -0.875. The predicted octanol–water partition coefficient (Wildman–Crippen LogP) is 3.46. The van der Waals surface area contributed by atoms with E-state index in [1.54, 1.807) is 23.1 Å². The maximum Gasteiger partial charge on any atom is 0.290 e. The van der Waals surface area contributed by atoms with Gasteiger partial charge in [-0.1, -0.05) is 23.7 Å². The highest BCUT2D eigenvalue weighted by Gasteiger charge is 2.42. The van der Waals surface area contributed by atoms with Crippen molar-refractivity contribution in [1.29, 1.82) is 0 Å². The second-order valence-electron chi connectivity index (χ2n) is 7.72. The Morgan fingerprint density at radius 3 is 2.65 bits per heavy atom. The number of amides is 1. The molecule has 0 N–H and O–H groups in total. The van der Waals surface area contributed by atoms with Crippen LogP contribution in [0.2, 0.25) is 5.02 Å². The number of benzene rings is 2. The molecule has 2 aromatic carbocycles. The lowest BCUT2D eigenvalue weighted by atomic mass is 9.98. The number of rotatable bonds is 4. The first-order chi connectivity index (χ1) is 15.0. The van der Waals surface area contributed by atoms with E-state index in [1.807, 2.05) is 6.07 Å². The number of hydrogen-bond donors (Lipinski definition) is 0. The number of nitrogens with zero attached hydrogens (tertiary/aromatic N) is 2. The highest BCUT2D eigenvalue weighted by Crippen LogP contribution is 2.38. The second-order valence-corrected chi connectivity index (χ2v) is 8.16. The Bertz CT molecular complexity index is 1220. The fourth-order valence-electron chi connectivity index (χ4n) is 4.32. The summed E-state index contributed by atoms with van der Waals surface area (Å²) < 4.78 is 25.1. The molecule has 1 amide bonds. The van der Waals surface area contributed by atoms with Crippen LogP contribution >= 0.6 is 11.6 Å². The first kappa shape index (κ1) is 20.2. The van der Waals surface area contributed by atoms with Crippen molar-refractivity contribution < 1.29 is 18.3 Å². The molecule has 1 saturated heterocycles. The number of fused-ring (bicyclic) bond motifs is 2. The lowest BCUT2D eigenvalue weighted by molar-refractivity contribution is 0.0314. The number of carbonyl (C=O) groups excluding carboxylic acids is 1. The van der Waals surface area contributed by atoms with Crippen molar-refractivity contribution >= 4 is 28.5 Å². The third kappa shape index (κ3) is 3.63. The highest BCUT2D eigenvalue weighted by molar-refractivity contribution is 6.30. The highest BCUT2D eigenvalue weighted by atomic mass is 35.5. The molecular formula is C23H20ClFN2O4. The van der Waals surface area contributed by atoms with Crippen LogP contribution in [-0.4, -0.2) is 55.1 Å². The van der Waals surface area contributed by atoms with Gasteiger partial charge in [-0.05, 0) is 35.9 Å². The Balaban J connectivity index is 1.61. The molecule has 5 rings (SSSR count). The Morgan fingerprint density at radius 1 is 1.06 bits per heavy atom. The lowest BCUT2D eigenvalue weighted by Crippen LogP contribution is -2.42. The van der Waals surface area contributed by atoms with Gasteiger partial charge in [0.25, 0.3) is 5.91 Å². The smallest absolute Gasteiger partial charge is 0.290 e. The predicted molar refractivity (Wildman–Crippen MR) is 114 cm³/mol. The van der Waals surface area contributed by atoms with E-state index in [0.717, 1.165) is 19.2 Å². The van der Waals surface area contributed by atoms with Crippen LogP contribution in [0.5, 0.6) is 0 Å². The summed E-state index contributed by atoms with van der Waals surface area (Å²) in [4.78, 5) is 30.6. The summed E-state index contributed by atoms with van der Waals surface area (Å²) in [5.41, 5.74) is 0.735. The fourth-order valence-corrected chi connectivity index (χ4v) is 4.52. The molecule has 0 bridgehead atoms. The molecule has 3 heterocycles. The summed E-state index contributed by atoms with van der Waals surface area (Å²) in [6.45, 7) is 3.94. The van der Waals surface area contributed by atoms with E-state index in [1.165, 1.54) is 12.1 Å². The van der Waals surface area contributed by atoms with Gasteiger partial charge in [0, 0.05) is 31.2 Å². The Kier molecular flexibility index (Phi) is 5.25. The molecule has 1 atom stereocenters. The number of hydrogen-bond acceptors (Lipinski definition) is 5. The minimum Gasteiger partial charge on any atom is -0.450 e. The van der Waals surface area contributed by atoms with Crippen molar-refractivity contribution in [2.24, 2.45) is 0 Å². The van der Waals surface area contributed by atoms with Crippen LogP contribution in [0, 0.1) is 5.82 Å². The molecule has 0 aliphatic carbocycles. The van der Waals surface area contributed by atoms with Crippen molar-refractivity contribution in [3.63, 3.8) is 0 Å². The van der Waals surface area contributed by atoms with E-state index in [4.69, 9.17) is 20.8 Å². The number of ether oxygens (including phenoxy) is 1. The van der Waals surface area contributed by atoms with E-state index >= 15 is 0 Å². The lowest BCUT2D eigenvalue weighted by Gasteiger charge is -2.31. The average Bonchev–Trinajstić information content (AvgIpc) is 3.05. The molecule has 31 heavy (non-hydrogen) atoms. The van der Waals surface area contributed by atoms with Crippen molar-refractivity contribution in [3.05, 3.63) is 80.4 Å². The summed E-state index contributed by atoms with van der Waals surface area (Å²) in [6, 6.07) is 10.2. The molecule has 0 unspecified atom stereocenters. The van der Waals surface area contributed by atoms with Crippen LogP contribution < -0.4 is 5.43 Å². The topological polar surface area (TPSA) is 63.0 Å². The Morgan fingerprint density at radius 2 is 1.87 bits per heavy atom. The molecule has 2 aliphatic heterocycles. The summed E-state index contributed by atoms with van der Waals surface area (Å²) in [7, 11) is 0.